The molecule has 0 bridgehead atoms. The predicted octanol–water partition coefficient (Wildman–Crippen LogP) is 3.71. The van der Waals surface area contributed by atoms with E-state index in [2.05, 4.69) is 10.3 Å². The SMILES string of the molecule is O=C(Nc1nc2c(s1)CCCC2)C1CCN(S(=O)(=O)c2ccc(Cl)cc2)CC1. The molecule has 1 aliphatic heterocycles. The van der Waals surface area contributed by atoms with Gasteiger partial charge in [-0.25, -0.2) is 13.4 Å². The van der Waals surface area contributed by atoms with E-state index in [0.29, 0.717) is 36.1 Å². The third kappa shape index (κ3) is 4.10. The number of aryl methyl sites for hydroxylation is 2. The summed E-state index contributed by atoms with van der Waals surface area (Å²) in [6.07, 6.45) is 5.38. The number of carbonyl (C=O) groups excluding carboxylic acids is 1. The Morgan fingerprint density at radius 3 is 2.50 bits per heavy atom. The molecule has 1 saturated heterocycles. The molecule has 2 aliphatic rings. The van der Waals surface area contributed by atoms with Crippen LogP contribution in [0.2, 0.25) is 5.02 Å². The number of carbonyl (C=O) groups is 1. The Balaban J connectivity index is 1.36. The Morgan fingerprint density at radius 1 is 1.14 bits per heavy atom. The van der Waals surface area contributed by atoms with Gasteiger partial charge in [0.2, 0.25) is 15.9 Å². The number of hydrogen-bond donors (Lipinski definition) is 1. The van der Waals surface area contributed by atoms with E-state index in [0.717, 1.165) is 25.0 Å². The van der Waals surface area contributed by atoms with Crippen molar-refractivity contribution < 1.29 is 13.2 Å². The first kappa shape index (κ1) is 19.8. The van der Waals surface area contributed by atoms with E-state index in [1.807, 2.05) is 0 Å². The number of benzene rings is 1. The summed E-state index contributed by atoms with van der Waals surface area (Å²) in [5.74, 6) is -0.257. The Hall–Kier alpha value is -1.48. The van der Waals surface area contributed by atoms with Gasteiger partial charge in [-0.1, -0.05) is 11.6 Å². The van der Waals surface area contributed by atoms with Crippen molar-refractivity contribution in [2.45, 2.75) is 43.4 Å². The van der Waals surface area contributed by atoms with Gasteiger partial charge >= 0.3 is 0 Å². The summed E-state index contributed by atoms with van der Waals surface area (Å²) in [5, 5.41) is 4.12. The lowest BCUT2D eigenvalue weighted by atomic mass is 9.97. The van der Waals surface area contributed by atoms with Gasteiger partial charge in [-0.05, 0) is 62.8 Å². The molecule has 0 unspecified atom stereocenters. The highest BCUT2D eigenvalue weighted by Gasteiger charge is 2.32. The maximum atomic E-state index is 12.8. The van der Waals surface area contributed by atoms with Crippen LogP contribution in [0.1, 0.15) is 36.3 Å². The summed E-state index contributed by atoms with van der Waals surface area (Å²) < 4.78 is 27.0. The summed E-state index contributed by atoms with van der Waals surface area (Å²) in [6, 6.07) is 6.17. The average Bonchev–Trinajstić information content (AvgIpc) is 3.10. The van der Waals surface area contributed by atoms with Crippen molar-refractivity contribution in [2.75, 3.05) is 18.4 Å². The van der Waals surface area contributed by atoms with Crippen molar-refractivity contribution in [3.63, 3.8) is 0 Å². The number of halogens is 1. The summed E-state index contributed by atoms with van der Waals surface area (Å²) in [6.45, 7) is 0.662. The average molecular weight is 440 g/mol. The number of anilines is 1. The minimum absolute atomic E-state index is 0.0605. The number of aromatic nitrogens is 1. The van der Waals surface area contributed by atoms with Crippen molar-refractivity contribution in [3.05, 3.63) is 39.9 Å². The minimum Gasteiger partial charge on any atom is -0.302 e. The molecule has 2 heterocycles. The van der Waals surface area contributed by atoms with Crippen molar-refractivity contribution in [1.29, 1.82) is 0 Å². The van der Waals surface area contributed by atoms with Gasteiger partial charge in [0.15, 0.2) is 5.13 Å². The van der Waals surface area contributed by atoms with Crippen molar-refractivity contribution >= 4 is 44.0 Å². The molecule has 0 saturated carbocycles. The molecule has 0 atom stereocenters. The van der Waals surface area contributed by atoms with Gasteiger partial charge in [0.1, 0.15) is 0 Å². The minimum atomic E-state index is -3.56. The topological polar surface area (TPSA) is 79.4 Å². The highest BCUT2D eigenvalue weighted by atomic mass is 35.5. The van der Waals surface area contributed by atoms with Crippen LogP contribution in [0, 0.1) is 5.92 Å². The quantitative estimate of drug-likeness (QED) is 0.787. The fourth-order valence-electron chi connectivity index (χ4n) is 3.73. The smallest absolute Gasteiger partial charge is 0.243 e. The van der Waals surface area contributed by atoms with Crippen LogP contribution in [0.4, 0.5) is 5.13 Å². The number of sulfonamides is 1. The number of piperidine rings is 1. The highest BCUT2D eigenvalue weighted by Crippen LogP contribution is 2.31. The fourth-order valence-corrected chi connectivity index (χ4v) is 6.38. The van der Waals surface area contributed by atoms with E-state index >= 15 is 0 Å². The third-order valence-corrected chi connectivity index (χ3v) is 8.59. The van der Waals surface area contributed by atoms with Gasteiger partial charge in [-0.2, -0.15) is 4.31 Å². The molecule has 150 valence electrons. The number of hydrogen-bond acceptors (Lipinski definition) is 5. The van der Waals surface area contributed by atoms with E-state index < -0.39 is 10.0 Å². The van der Waals surface area contributed by atoms with E-state index in [-0.39, 0.29) is 16.7 Å². The van der Waals surface area contributed by atoms with Crippen LogP contribution in [0.25, 0.3) is 0 Å². The number of thiazole rings is 1. The summed E-state index contributed by atoms with van der Waals surface area (Å²) in [4.78, 5) is 18.7. The molecule has 9 heteroatoms. The Kier molecular flexibility index (Phi) is 5.73. The molecule has 4 rings (SSSR count). The van der Waals surface area contributed by atoms with Gasteiger partial charge in [-0.3, -0.25) is 4.79 Å². The zero-order valence-corrected chi connectivity index (χ0v) is 17.7. The maximum Gasteiger partial charge on any atom is 0.243 e. The van der Waals surface area contributed by atoms with E-state index in [1.165, 1.54) is 27.7 Å². The van der Waals surface area contributed by atoms with Crippen LogP contribution in [0.3, 0.4) is 0 Å². The van der Waals surface area contributed by atoms with Crippen LogP contribution >= 0.6 is 22.9 Å². The highest BCUT2D eigenvalue weighted by molar-refractivity contribution is 7.89. The van der Waals surface area contributed by atoms with Crippen molar-refractivity contribution in [3.8, 4) is 0 Å². The molecule has 1 amide bonds. The molecule has 1 aliphatic carbocycles. The molecule has 28 heavy (non-hydrogen) atoms. The Labute approximate surface area is 174 Å². The predicted molar refractivity (Wildman–Crippen MR) is 110 cm³/mol. The van der Waals surface area contributed by atoms with Crippen LogP contribution in [-0.4, -0.2) is 36.7 Å². The molecule has 1 N–H and O–H groups in total. The summed E-state index contributed by atoms with van der Waals surface area (Å²) >= 11 is 7.41. The molecule has 1 fully saturated rings. The standard InChI is InChI=1S/C19H22ClN3O3S2/c20-14-5-7-15(8-6-14)28(25,26)23-11-9-13(10-12-23)18(24)22-19-21-16-3-1-2-4-17(16)27-19/h5-8,13H,1-4,9-12H2,(H,21,22,24). The van der Waals surface area contributed by atoms with Crippen LogP contribution in [-0.2, 0) is 27.7 Å². The number of amides is 1. The lowest BCUT2D eigenvalue weighted by Crippen LogP contribution is -2.41. The molecular weight excluding hydrogens is 418 g/mol. The molecule has 2 aromatic rings. The zero-order chi connectivity index (χ0) is 19.7. The normalized spacial score (nSPS) is 18.6. The Bertz CT molecular complexity index is 941. The Morgan fingerprint density at radius 2 is 1.82 bits per heavy atom. The molecule has 1 aromatic carbocycles. The molecular formula is C19H22ClN3O3S2. The number of nitrogens with zero attached hydrogens (tertiary/aromatic N) is 2. The largest absolute Gasteiger partial charge is 0.302 e. The van der Waals surface area contributed by atoms with Crippen LogP contribution in [0.15, 0.2) is 29.2 Å². The first-order valence-corrected chi connectivity index (χ1v) is 12.1. The first-order chi connectivity index (χ1) is 13.4. The van der Waals surface area contributed by atoms with Gasteiger partial charge in [0, 0.05) is 28.9 Å². The van der Waals surface area contributed by atoms with Crippen molar-refractivity contribution in [1.82, 2.24) is 9.29 Å². The van der Waals surface area contributed by atoms with Crippen LogP contribution < -0.4 is 5.32 Å². The third-order valence-electron chi connectivity index (χ3n) is 5.35. The monoisotopic (exact) mass is 439 g/mol. The second-order valence-corrected chi connectivity index (χ2v) is 10.7. The van der Waals surface area contributed by atoms with E-state index in [4.69, 9.17) is 11.6 Å². The molecule has 0 radical (unpaired) electrons. The van der Waals surface area contributed by atoms with Gasteiger partial charge < -0.3 is 5.32 Å². The lowest BCUT2D eigenvalue weighted by molar-refractivity contribution is -0.120. The second-order valence-electron chi connectivity index (χ2n) is 7.22. The van der Waals surface area contributed by atoms with Crippen molar-refractivity contribution in [2.24, 2.45) is 5.92 Å². The zero-order valence-electron chi connectivity index (χ0n) is 15.4. The van der Waals surface area contributed by atoms with Crippen LogP contribution in [0.5, 0.6) is 0 Å². The molecule has 0 spiro atoms. The number of fused-ring (bicyclic) bond motifs is 1. The second kappa shape index (κ2) is 8.10. The van der Waals surface area contributed by atoms with Gasteiger partial charge in [-0.15, -0.1) is 11.3 Å². The first-order valence-electron chi connectivity index (χ1n) is 9.48. The fraction of sp³-hybridized carbons (Fsp3) is 0.474. The maximum absolute atomic E-state index is 12.8. The summed E-state index contributed by atoms with van der Waals surface area (Å²) in [5.41, 5.74) is 1.12. The van der Waals surface area contributed by atoms with E-state index in [9.17, 15) is 13.2 Å². The van der Waals surface area contributed by atoms with Gasteiger partial charge in [0.25, 0.3) is 0 Å². The van der Waals surface area contributed by atoms with E-state index in [1.54, 1.807) is 23.5 Å². The molecule has 1 aromatic heterocycles. The summed E-state index contributed by atoms with van der Waals surface area (Å²) in [7, 11) is -3.56. The number of nitrogens with one attached hydrogen (secondary N) is 1. The van der Waals surface area contributed by atoms with Gasteiger partial charge in [0.05, 0.1) is 10.6 Å². The number of rotatable bonds is 4. The lowest BCUT2D eigenvalue weighted by Gasteiger charge is -2.30. The molecule has 6 nitrogen and oxygen atoms in total.